The highest BCUT2D eigenvalue weighted by atomic mass is 19.1. The molecule has 0 N–H and O–H groups in total. The zero-order valence-electron chi connectivity index (χ0n) is 20.1. The van der Waals surface area contributed by atoms with Crippen LogP contribution >= 0.6 is 0 Å². The summed E-state index contributed by atoms with van der Waals surface area (Å²) in [5, 5.41) is 4.75. The SMILES string of the molecule is CO[C@@H](CN1CCC(c2nc(Cc3ccc(F)cc3)nn2-c2ncccn2)CC1)C1=CCCC=C1. The number of methoxy groups -OCH3 is 1. The number of benzene rings is 1. The van der Waals surface area contributed by atoms with E-state index in [1.165, 1.54) is 17.7 Å². The first-order valence-electron chi connectivity index (χ1n) is 12.3. The Labute approximate surface area is 205 Å². The number of hydrogen-bond donors (Lipinski definition) is 0. The lowest BCUT2D eigenvalue weighted by atomic mass is 9.94. The fourth-order valence-corrected chi connectivity index (χ4v) is 4.84. The van der Waals surface area contributed by atoms with Gasteiger partial charge in [0, 0.05) is 38.4 Å². The third-order valence-electron chi connectivity index (χ3n) is 6.75. The van der Waals surface area contributed by atoms with E-state index in [1.54, 1.807) is 42.4 Å². The molecule has 35 heavy (non-hydrogen) atoms. The zero-order chi connectivity index (χ0) is 24.0. The summed E-state index contributed by atoms with van der Waals surface area (Å²) in [7, 11) is 1.80. The third-order valence-corrected chi connectivity index (χ3v) is 6.75. The van der Waals surface area contributed by atoms with E-state index in [-0.39, 0.29) is 17.8 Å². The number of hydrogen-bond acceptors (Lipinski definition) is 6. The Morgan fingerprint density at radius 1 is 1.09 bits per heavy atom. The van der Waals surface area contributed by atoms with E-state index in [4.69, 9.17) is 14.8 Å². The molecule has 1 aliphatic heterocycles. The average Bonchev–Trinajstić information content (AvgIpc) is 3.34. The molecular formula is C27H31FN6O. The van der Waals surface area contributed by atoms with Crippen molar-refractivity contribution in [2.45, 2.75) is 44.1 Å². The molecule has 7 nitrogen and oxygen atoms in total. The van der Waals surface area contributed by atoms with Gasteiger partial charge >= 0.3 is 0 Å². The molecule has 0 saturated carbocycles. The van der Waals surface area contributed by atoms with Crippen LogP contribution in [0.3, 0.4) is 0 Å². The summed E-state index contributed by atoms with van der Waals surface area (Å²) in [6.45, 7) is 2.83. The summed E-state index contributed by atoms with van der Waals surface area (Å²) in [5.74, 6) is 2.13. The minimum atomic E-state index is -0.246. The van der Waals surface area contributed by atoms with Crippen molar-refractivity contribution in [1.82, 2.24) is 29.6 Å². The predicted octanol–water partition coefficient (Wildman–Crippen LogP) is 4.26. The smallest absolute Gasteiger partial charge is 0.252 e. The minimum absolute atomic E-state index is 0.104. The van der Waals surface area contributed by atoms with Gasteiger partial charge in [0.05, 0.1) is 6.10 Å². The largest absolute Gasteiger partial charge is 0.375 e. The Bertz CT molecular complexity index is 1170. The lowest BCUT2D eigenvalue weighted by Crippen LogP contribution is -2.40. The number of ether oxygens (including phenoxy) is 1. The topological polar surface area (TPSA) is 69.0 Å². The molecule has 2 aliphatic rings. The molecule has 0 bridgehead atoms. The Balaban J connectivity index is 1.30. The third kappa shape index (κ3) is 5.71. The molecule has 2 aromatic heterocycles. The molecular weight excluding hydrogens is 443 g/mol. The quantitative estimate of drug-likeness (QED) is 0.486. The molecule has 0 spiro atoms. The van der Waals surface area contributed by atoms with Crippen molar-refractivity contribution in [2.24, 2.45) is 0 Å². The van der Waals surface area contributed by atoms with Gasteiger partial charge in [-0.25, -0.2) is 19.3 Å². The molecule has 8 heteroatoms. The van der Waals surface area contributed by atoms with Crippen molar-refractivity contribution in [3.63, 3.8) is 0 Å². The number of allylic oxidation sites excluding steroid dienone is 2. The summed E-state index contributed by atoms with van der Waals surface area (Å²) in [5.41, 5.74) is 2.25. The predicted molar refractivity (Wildman–Crippen MR) is 132 cm³/mol. The summed E-state index contributed by atoms with van der Waals surface area (Å²) in [6.07, 6.45) is 15.0. The molecule has 5 rings (SSSR count). The van der Waals surface area contributed by atoms with Gasteiger partial charge in [0.15, 0.2) is 5.82 Å². The second kappa shape index (κ2) is 11.0. The van der Waals surface area contributed by atoms with Gasteiger partial charge in [0.1, 0.15) is 11.6 Å². The number of nitrogens with zero attached hydrogens (tertiary/aromatic N) is 6. The highest BCUT2D eigenvalue weighted by Gasteiger charge is 2.28. The van der Waals surface area contributed by atoms with Gasteiger partial charge in [0.2, 0.25) is 0 Å². The Kier molecular flexibility index (Phi) is 7.39. The molecule has 3 heterocycles. The molecule has 1 saturated heterocycles. The van der Waals surface area contributed by atoms with E-state index < -0.39 is 0 Å². The second-order valence-corrected chi connectivity index (χ2v) is 9.13. The van der Waals surface area contributed by atoms with Crippen LogP contribution in [0.5, 0.6) is 0 Å². The van der Waals surface area contributed by atoms with Crippen molar-refractivity contribution in [2.75, 3.05) is 26.7 Å². The van der Waals surface area contributed by atoms with Crippen LogP contribution in [-0.4, -0.2) is 62.5 Å². The number of piperidine rings is 1. The van der Waals surface area contributed by atoms with Crippen LogP contribution in [0.25, 0.3) is 5.95 Å². The van der Waals surface area contributed by atoms with Crippen LogP contribution in [0, 0.1) is 5.82 Å². The first-order chi connectivity index (χ1) is 17.2. The number of aromatic nitrogens is 5. The van der Waals surface area contributed by atoms with E-state index in [0.29, 0.717) is 18.2 Å². The first-order valence-corrected chi connectivity index (χ1v) is 12.3. The van der Waals surface area contributed by atoms with Crippen molar-refractivity contribution >= 4 is 0 Å². The molecule has 0 radical (unpaired) electrons. The van der Waals surface area contributed by atoms with Crippen LogP contribution in [0.2, 0.25) is 0 Å². The number of rotatable bonds is 8. The number of halogens is 1. The molecule has 1 aromatic carbocycles. The van der Waals surface area contributed by atoms with Crippen LogP contribution < -0.4 is 0 Å². The fraction of sp³-hybridized carbons (Fsp3) is 0.407. The summed E-state index contributed by atoms with van der Waals surface area (Å²) >= 11 is 0. The summed E-state index contributed by atoms with van der Waals surface area (Å²) < 4.78 is 20.9. The Hall–Kier alpha value is -3.23. The second-order valence-electron chi connectivity index (χ2n) is 9.13. The van der Waals surface area contributed by atoms with E-state index in [2.05, 4.69) is 33.1 Å². The lowest BCUT2D eigenvalue weighted by molar-refractivity contribution is 0.0790. The van der Waals surface area contributed by atoms with Gasteiger partial charge in [-0.05, 0) is 68.1 Å². The highest BCUT2D eigenvalue weighted by Crippen LogP contribution is 2.29. The van der Waals surface area contributed by atoms with Crippen LogP contribution in [0.1, 0.15) is 48.8 Å². The molecule has 3 aromatic rings. The van der Waals surface area contributed by atoms with E-state index in [0.717, 1.165) is 56.7 Å². The van der Waals surface area contributed by atoms with Gasteiger partial charge in [-0.1, -0.05) is 30.4 Å². The maximum atomic E-state index is 13.3. The first kappa shape index (κ1) is 23.5. The van der Waals surface area contributed by atoms with Gasteiger partial charge < -0.3 is 9.64 Å². The van der Waals surface area contributed by atoms with Gasteiger partial charge in [-0.3, -0.25) is 0 Å². The Morgan fingerprint density at radius 2 is 1.86 bits per heavy atom. The summed E-state index contributed by atoms with van der Waals surface area (Å²) in [6, 6.07) is 8.28. The molecule has 1 fully saturated rings. The molecule has 1 atom stereocenters. The van der Waals surface area contributed by atoms with E-state index in [9.17, 15) is 4.39 Å². The van der Waals surface area contributed by atoms with Crippen LogP contribution in [-0.2, 0) is 11.2 Å². The zero-order valence-corrected chi connectivity index (χ0v) is 20.1. The minimum Gasteiger partial charge on any atom is -0.375 e. The van der Waals surface area contributed by atoms with Gasteiger partial charge in [0.25, 0.3) is 5.95 Å². The maximum absolute atomic E-state index is 13.3. The highest BCUT2D eigenvalue weighted by molar-refractivity contribution is 5.27. The van der Waals surface area contributed by atoms with Gasteiger partial charge in [-0.2, -0.15) is 4.68 Å². The molecule has 0 amide bonds. The van der Waals surface area contributed by atoms with Crippen molar-refractivity contribution in [3.8, 4) is 5.95 Å². The molecule has 182 valence electrons. The van der Waals surface area contributed by atoms with Crippen molar-refractivity contribution in [3.05, 3.63) is 89.6 Å². The van der Waals surface area contributed by atoms with Gasteiger partial charge in [-0.15, -0.1) is 5.10 Å². The molecule has 0 unspecified atom stereocenters. The molecule has 1 aliphatic carbocycles. The van der Waals surface area contributed by atoms with Crippen LogP contribution in [0.15, 0.2) is 66.5 Å². The van der Waals surface area contributed by atoms with E-state index in [1.807, 2.05) is 0 Å². The van der Waals surface area contributed by atoms with Crippen LogP contribution in [0.4, 0.5) is 4.39 Å². The lowest BCUT2D eigenvalue weighted by Gasteiger charge is -2.34. The Morgan fingerprint density at radius 3 is 2.54 bits per heavy atom. The fourth-order valence-electron chi connectivity index (χ4n) is 4.84. The number of likely N-dealkylation sites (tertiary alicyclic amines) is 1. The maximum Gasteiger partial charge on any atom is 0.252 e. The van der Waals surface area contributed by atoms with E-state index >= 15 is 0 Å². The summed E-state index contributed by atoms with van der Waals surface area (Å²) in [4.78, 5) is 16.2. The van der Waals surface area contributed by atoms with Crippen molar-refractivity contribution < 1.29 is 9.13 Å². The standard InChI is InChI=1S/C27H31FN6O/c1-35-24(21-6-3-2-4-7-21)19-33-16-12-22(13-17-33)26-31-25(18-20-8-10-23(28)11-9-20)32-34(26)27-29-14-5-15-30-27/h3,5-11,14-15,22,24H,2,4,12-13,16-19H2,1H3/t24-/m0/s1. The van der Waals surface area contributed by atoms with Crippen molar-refractivity contribution in [1.29, 1.82) is 0 Å². The normalized spacial score (nSPS) is 17.9. The average molecular weight is 475 g/mol. The monoisotopic (exact) mass is 474 g/mol.